The highest BCUT2D eigenvalue weighted by Crippen LogP contribution is 2.19. The first-order chi connectivity index (χ1) is 9.04. The fourth-order valence-corrected chi connectivity index (χ4v) is 3.71. The first-order valence-electron chi connectivity index (χ1n) is 7.37. The van der Waals surface area contributed by atoms with Gasteiger partial charge in [-0.05, 0) is 26.4 Å². The summed E-state index contributed by atoms with van der Waals surface area (Å²) in [5, 5.41) is 4.73. The number of rotatable bonds is 4. The first kappa shape index (κ1) is 15.1. The van der Waals surface area contributed by atoms with Crippen LogP contribution in [0, 0.1) is 5.92 Å². The fraction of sp³-hybridized carbons (Fsp3) is 0.929. The third kappa shape index (κ3) is 4.65. The maximum Gasteiger partial charge on any atom is 0.156 e. The second kappa shape index (κ2) is 6.95. The van der Waals surface area contributed by atoms with Crippen LogP contribution >= 0.6 is 11.8 Å². The fourth-order valence-electron chi connectivity index (χ4n) is 2.71. The number of nitrogens with zero attached hydrogens (tertiary/aromatic N) is 3. The lowest BCUT2D eigenvalue weighted by atomic mass is 10.1. The van der Waals surface area contributed by atoms with Gasteiger partial charge in [0.1, 0.15) is 0 Å². The van der Waals surface area contributed by atoms with Gasteiger partial charge in [-0.1, -0.05) is 25.6 Å². The number of hydrogen-bond donors (Lipinski definition) is 1. The van der Waals surface area contributed by atoms with Crippen LogP contribution in [0.5, 0.6) is 0 Å². The van der Waals surface area contributed by atoms with E-state index < -0.39 is 0 Å². The van der Waals surface area contributed by atoms with E-state index in [9.17, 15) is 0 Å². The van der Waals surface area contributed by atoms with Crippen LogP contribution in [0.2, 0.25) is 0 Å². The molecule has 2 unspecified atom stereocenters. The molecule has 0 bridgehead atoms. The molecule has 2 aliphatic heterocycles. The molecule has 4 nitrogen and oxygen atoms in total. The monoisotopic (exact) mass is 284 g/mol. The Morgan fingerprint density at radius 3 is 2.89 bits per heavy atom. The largest absolute Gasteiger partial charge is 0.361 e. The molecule has 1 N–H and O–H groups in total. The molecule has 0 radical (unpaired) electrons. The van der Waals surface area contributed by atoms with Gasteiger partial charge in [-0.15, -0.1) is 0 Å². The molecule has 2 rings (SSSR count). The van der Waals surface area contributed by atoms with E-state index in [2.05, 4.69) is 43.1 Å². The van der Waals surface area contributed by atoms with Crippen LogP contribution < -0.4 is 5.32 Å². The highest BCUT2D eigenvalue weighted by atomic mass is 32.2. The molecule has 2 fully saturated rings. The zero-order valence-electron chi connectivity index (χ0n) is 12.7. The molecule has 0 aromatic heterocycles. The summed E-state index contributed by atoms with van der Waals surface area (Å²) in [6.45, 7) is 8.95. The molecule has 110 valence electrons. The van der Waals surface area contributed by atoms with Crippen molar-refractivity contribution in [2.24, 2.45) is 10.9 Å². The van der Waals surface area contributed by atoms with E-state index in [1.165, 1.54) is 18.7 Å². The van der Waals surface area contributed by atoms with Crippen molar-refractivity contribution in [2.75, 3.05) is 46.0 Å². The smallest absolute Gasteiger partial charge is 0.156 e. The Morgan fingerprint density at radius 2 is 2.16 bits per heavy atom. The average molecular weight is 284 g/mol. The quantitative estimate of drug-likeness (QED) is 0.844. The molecule has 0 aromatic rings. The van der Waals surface area contributed by atoms with Crippen molar-refractivity contribution in [2.45, 2.75) is 32.4 Å². The summed E-state index contributed by atoms with van der Waals surface area (Å²) in [6.07, 6.45) is 1.25. The second-order valence-corrected chi connectivity index (χ2v) is 7.33. The van der Waals surface area contributed by atoms with Gasteiger partial charge in [0.25, 0.3) is 0 Å². The number of aliphatic imine (C=N–C) groups is 1. The summed E-state index contributed by atoms with van der Waals surface area (Å²) in [4.78, 5) is 9.63. The lowest BCUT2D eigenvalue weighted by Gasteiger charge is -2.36. The van der Waals surface area contributed by atoms with Gasteiger partial charge in [0.05, 0.1) is 6.54 Å². The van der Waals surface area contributed by atoms with Gasteiger partial charge in [0, 0.05) is 37.5 Å². The second-order valence-electron chi connectivity index (χ2n) is 6.32. The summed E-state index contributed by atoms with van der Waals surface area (Å²) < 4.78 is 0. The molecule has 5 heteroatoms. The number of piperazine rings is 1. The number of amidine groups is 1. The minimum atomic E-state index is 0.567. The molecular formula is C14H28N4S. The summed E-state index contributed by atoms with van der Waals surface area (Å²) in [5.41, 5.74) is 0. The van der Waals surface area contributed by atoms with Crippen LogP contribution in [-0.2, 0) is 0 Å². The molecule has 2 aliphatic rings. The normalized spacial score (nSPS) is 32.2. The number of thioether (sulfide) groups is 1. The Hall–Kier alpha value is -0.260. The lowest BCUT2D eigenvalue weighted by Crippen LogP contribution is -2.51. The summed E-state index contributed by atoms with van der Waals surface area (Å²) in [7, 11) is 4.42. The zero-order valence-corrected chi connectivity index (χ0v) is 13.5. The van der Waals surface area contributed by atoms with E-state index in [1.807, 2.05) is 11.8 Å². The van der Waals surface area contributed by atoms with Crippen LogP contribution in [-0.4, -0.2) is 73.1 Å². The van der Waals surface area contributed by atoms with Gasteiger partial charge >= 0.3 is 0 Å². The van der Waals surface area contributed by atoms with Crippen molar-refractivity contribution in [3.63, 3.8) is 0 Å². The van der Waals surface area contributed by atoms with Gasteiger partial charge in [-0.3, -0.25) is 9.89 Å². The van der Waals surface area contributed by atoms with Crippen molar-refractivity contribution >= 4 is 16.9 Å². The molecular weight excluding hydrogens is 256 g/mol. The van der Waals surface area contributed by atoms with Crippen molar-refractivity contribution in [1.82, 2.24) is 15.1 Å². The van der Waals surface area contributed by atoms with E-state index in [4.69, 9.17) is 4.99 Å². The molecule has 19 heavy (non-hydrogen) atoms. The predicted molar refractivity (Wildman–Crippen MR) is 85.1 cm³/mol. The van der Waals surface area contributed by atoms with E-state index in [-0.39, 0.29) is 0 Å². The van der Waals surface area contributed by atoms with E-state index >= 15 is 0 Å². The highest BCUT2D eigenvalue weighted by molar-refractivity contribution is 8.14. The topological polar surface area (TPSA) is 30.9 Å². The number of nitrogens with one attached hydrogen (secondary N) is 1. The molecule has 0 amide bonds. The van der Waals surface area contributed by atoms with E-state index in [1.54, 1.807) is 0 Å². The van der Waals surface area contributed by atoms with Crippen LogP contribution in [0.4, 0.5) is 0 Å². The molecule has 2 saturated heterocycles. The molecule has 2 atom stereocenters. The van der Waals surface area contributed by atoms with Crippen LogP contribution in [0.15, 0.2) is 4.99 Å². The van der Waals surface area contributed by atoms with Crippen molar-refractivity contribution in [3.05, 3.63) is 0 Å². The van der Waals surface area contributed by atoms with Gasteiger partial charge in [-0.25, -0.2) is 0 Å². The molecule has 0 saturated carbocycles. The van der Waals surface area contributed by atoms with Crippen LogP contribution in [0.25, 0.3) is 0 Å². The van der Waals surface area contributed by atoms with Gasteiger partial charge in [0.2, 0.25) is 0 Å². The third-order valence-corrected chi connectivity index (χ3v) is 5.02. The Bertz CT molecular complexity index is 319. The Balaban J connectivity index is 1.79. The summed E-state index contributed by atoms with van der Waals surface area (Å²) in [5.74, 6) is 1.94. The van der Waals surface area contributed by atoms with Gasteiger partial charge in [-0.2, -0.15) is 0 Å². The standard InChI is InChI=1S/C14H28N4S/c1-11(2)7-12-10-19-14(16-12)15-8-13-9-17(3)5-6-18(13)4/h11-13H,5-10H2,1-4H3,(H,15,16). The highest BCUT2D eigenvalue weighted by Gasteiger charge is 2.24. The Labute approximate surface area is 122 Å². The van der Waals surface area contributed by atoms with Gasteiger partial charge < -0.3 is 10.2 Å². The predicted octanol–water partition coefficient (Wildman–Crippen LogP) is 1.34. The molecule has 2 heterocycles. The van der Waals surface area contributed by atoms with Crippen molar-refractivity contribution < 1.29 is 0 Å². The van der Waals surface area contributed by atoms with E-state index in [0.717, 1.165) is 30.7 Å². The Kier molecular flexibility index (Phi) is 5.54. The van der Waals surface area contributed by atoms with Crippen molar-refractivity contribution in [1.29, 1.82) is 0 Å². The van der Waals surface area contributed by atoms with Crippen molar-refractivity contribution in [3.8, 4) is 0 Å². The van der Waals surface area contributed by atoms with Crippen LogP contribution in [0.3, 0.4) is 0 Å². The minimum Gasteiger partial charge on any atom is -0.361 e. The van der Waals surface area contributed by atoms with Crippen LogP contribution in [0.1, 0.15) is 20.3 Å². The lowest BCUT2D eigenvalue weighted by molar-refractivity contribution is 0.119. The van der Waals surface area contributed by atoms with E-state index in [0.29, 0.717) is 12.1 Å². The maximum atomic E-state index is 4.79. The maximum absolute atomic E-state index is 4.79. The first-order valence-corrected chi connectivity index (χ1v) is 8.35. The summed E-state index contributed by atoms with van der Waals surface area (Å²) in [6, 6.07) is 1.19. The number of hydrogen-bond acceptors (Lipinski definition) is 4. The third-order valence-electron chi connectivity index (χ3n) is 3.93. The molecule has 0 aliphatic carbocycles. The summed E-state index contributed by atoms with van der Waals surface area (Å²) >= 11 is 1.89. The SMILES string of the molecule is CC(C)CC1CSC(=NCC2CN(C)CCN2C)N1. The zero-order chi connectivity index (χ0) is 13.8. The van der Waals surface area contributed by atoms with Gasteiger partial charge in [0.15, 0.2) is 5.17 Å². The minimum absolute atomic E-state index is 0.567. The average Bonchev–Trinajstić information content (AvgIpc) is 2.77. The Morgan fingerprint density at radius 1 is 1.37 bits per heavy atom. The molecule has 0 aromatic carbocycles. The molecule has 0 spiro atoms. The number of likely N-dealkylation sites (N-methyl/N-ethyl adjacent to an activating group) is 2.